The minimum Gasteiger partial charge on any atom is -0.443 e. The molecule has 1 aliphatic rings. The third-order valence-corrected chi connectivity index (χ3v) is 5.06. The second kappa shape index (κ2) is 6.85. The van der Waals surface area contributed by atoms with Gasteiger partial charge in [0, 0.05) is 24.5 Å². The quantitative estimate of drug-likeness (QED) is 0.891. The van der Waals surface area contributed by atoms with Crippen molar-refractivity contribution in [2.24, 2.45) is 0 Å². The molecule has 1 aromatic heterocycles. The number of rotatable bonds is 4. The molecule has 1 N–H and O–H groups in total. The van der Waals surface area contributed by atoms with E-state index >= 15 is 0 Å². The van der Waals surface area contributed by atoms with Gasteiger partial charge >= 0.3 is 6.09 Å². The molecule has 1 unspecified atom stereocenters. The molecule has 1 atom stereocenters. The van der Waals surface area contributed by atoms with Crippen molar-refractivity contribution in [2.75, 3.05) is 6.54 Å². The Kier molecular flexibility index (Phi) is 4.81. The maximum atomic E-state index is 12.7. The summed E-state index contributed by atoms with van der Waals surface area (Å²) in [5.74, 6) is -0.0424. The fourth-order valence-electron chi connectivity index (χ4n) is 3.29. The van der Waals surface area contributed by atoms with E-state index in [9.17, 15) is 9.59 Å². The van der Waals surface area contributed by atoms with Crippen LogP contribution in [0.1, 0.15) is 43.8 Å². The number of hydrogen-bond donors (Lipinski definition) is 1. The first kappa shape index (κ1) is 16.8. The first-order valence-corrected chi connectivity index (χ1v) is 8.68. The zero-order valence-electron chi connectivity index (χ0n) is 13.7. The van der Waals surface area contributed by atoms with E-state index in [4.69, 9.17) is 16.3 Å². The van der Waals surface area contributed by atoms with E-state index in [2.05, 4.69) is 5.32 Å². The molecule has 5 nitrogen and oxygen atoms in total. The van der Waals surface area contributed by atoms with Gasteiger partial charge in [-0.1, -0.05) is 36.7 Å². The van der Waals surface area contributed by atoms with Gasteiger partial charge in [0.25, 0.3) is 0 Å². The van der Waals surface area contributed by atoms with Crippen molar-refractivity contribution in [1.82, 2.24) is 9.88 Å². The van der Waals surface area contributed by atoms with Gasteiger partial charge in [-0.05, 0) is 31.7 Å². The molecule has 2 heterocycles. The van der Waals surface area contributed by atoms with Crippen molar-refractivity contribution < 1.29 is 14.3 Å². The van der Waals surface area contributed by atoms with E-state index in [-0.39, 0.29) is 5.91 Å². The van der Waals surface area contributed by atoms with Crippen LogP contribution in [0, 0.1) is 0 Å². The molecule has 1 aromatic carbocycles. The Labute approximate surface area is 145 Å². The number of aromatic nitrogens is 1. The zero-order chi connectivity index (χ0) is 17.2. The molecule has 0 spiro atoms. The number of fused-ring (bicyclic) bond motifs is 1. The second-order valence-electron chi connectivity index (χ2n) is 6.21. The number of cyclic esters (lactones) is 1. The number of carbonyl (C=O) groups excluding carboxylic acids is 2. The first-order valence-electron chi connectivity index (χ1n) is 8.30. The summed E-state index contributed by atoms with van der Waals surface area (Å²) < 4.78 is 7.18. The number of para-hydroxylation sites is 1. The number of nitrogens with zero attached hydrogens (tertiary/aromatic N) is 1. The fraction of sp³-hybridized carbons (Fsp3) is 0.444. The van der Waals surface area contributed by atoms with Gasteiger partial charge in [-0.3, -0.25) is 9.36 Å². The van der Waals surface area contributed by atoms with E-state index in [0.717, 1.165) is 23.7 Å². The Hall–Kier alpha value is -2.01. The van der Waals surface area contributed by atoms with Crippen molar-refractivity contribution in [3.63, 3.8) is 0 Å². The highest BCUT2D eigenvalue weighted by atomic mass is 35.5. The van der Waals surface area contributed by atoms with Crippen molar-refractivity contribution in [2.45, 2.75) is 44.6 Å². The summed E-state index contributed by atoms with van der Waals surface area (Å²) in [6.45, 7) is 2.61. The zero-order valence-corrected chi connectivity index (χ0v) is 14.4. The lowest BCUT2D eigenvalue weighted by molar-refractivity contribution is 0.00104. The predicted octanol–water partition coefficient (Wildman–Crippen LogP) is 4.38. The van der Waals surface area contributed by atoms with Gasteiger partial charge in [-0.2, -0.15) is 0 Å². The summed E-state index contributed by atoms with van der Waals surface area (Å²) in [6.07, 6.45) is 4.40. The molecule has 1 saturated heterocycles. The van der Waals surface area contributed by atoms with Crippen molar-refractivity contribution in [1.29, 1.82) is 0 Å². The molecule has 24 heavy (non-hydrogen) atoms. The SMILES string of the molecule is CCC1(CCC(=O)n2cc(Cl)c3ccccc32)CCCNC(=O)O1. The van der Waals surface area contributed by atoms with E-state index in [1.165, 1.54) is 0 Å². The first-order chi connectivity index (χ1) is 11.5. The minimum absolute atomic E-state index is 0.0424. The molecule has 3 rings (SSSR count). The number of benzene rings is 1. The molecular weight excluding hydrogens is 328 g/mol. The van der Waals surface area contributed by atoms with E-state index < -0.39 is 11.7 Å². The summed E-state index contributed by atoms with van der Waals surface area (Å²) in [5, 5.41) is 4.14. The fourth-order valence-corrected chi connectivity index (χ4v) is 3.54. The maximum absolute atomic E-state index is 12.7. The lowest BCUT2D eigenvalue weighted by Gasteiger charge is -2.30. The number of alkyl carbamates (subject to hydrolysis) is 1. The summed E-state index contributed by atoms with van der Waals surface area (Å²) in [6, 6.07) is 7.56. The van der Waals surface area contributed by atoms with Crippen LogP contribution in [-0.4, -0.2) is 28.7 Å². The van der Waals surface area contributed by atoms with Gasteiger partial charge in [-0.25, -0.2) is 4.79 Å². The van der Waals surface area contributed by atoms with Crippen LogP contribution in [0.15, 0.2) is 30.5 Å². The second-order valence-corrected chi connectivity index (χ2v) is 6.62. The molecule has 0 saturated carbocycles. The summed E-state index contributed by atoms with van der Waals surface area (Å²) in [7, 11) is 0. The molecule has 0 bridgehead atoms. The normalized spacial score (nSPS) is 21.2. The average molecular weight is 349 g/mol. The van der Waals surface area contributed by atoms with Crippen LogP contribution in [0.3, 0.4) is 0 Å². The maximum Gasteiger partial charge on any atom is 0.407 e. The topological polar surface area (TPSA) is 60.3 Å². The van der Waals surface area contributed by atoms with Gasteiger partial charge in [0.1, 0.15) is 5.60 Å². The third-order valence-electron chi connectivity index (χ3n) is 4.76. The van der Waals surface area contributed by atoms with Gasteiger partial charge in [-0.15, -0.1) is 0 Å². The van der Waals surface area contributed by atoms with Crippen molar-refractivity contribution >= 4 is 34.5 Å². The Morgan fingerprint density at radius 1 is 1.42 bits per heavy atom. The lowest BCUT2D eigenvalue weighted by atomic mass is 9.89. The Morgan fingerprint density at radius 2 is 2.21 bits per heavy atom. The Bertz CT molecular complexity index is 771. The summed E-state index contributed by atoms with van der Waals surface area (Å²) in [4.78, 5) is 24.4. The molecule has 1 amide bonds. The predicted molar refractivity (Wildman–Crippen MR) is 93.5 cm³/mol. The van der Waals surface area contributed by atoms with Crippen LogP contribution in [0.5, 0.6) is 0 Å². The van der Waals surface area contributed by atoms with Gasteiger partial charge in [0.05, 0.1) is 10.5 Å². The van der Waals surface area contributed by atoms with Crippen molar-refractivity contribution in [3.8, 4) is 0 Å². The van der Waals surface area contributed by atoms with Crippen LogP contribution in [0.2, 0.25) is 5.02 Å². The van der Waals surface area contributed by atoms with Gasteiger partial charge < -0.3 is 10.1 Å². The van der Waals surface area contributed by atoms with Gasteiger partial charge in [0.15, 0.2) is 0 Å². The highest BCUT2D eigenvalue weighted by molar-refractivity contribution is 6.36. The minimum atomic E-state index is -0.566. The van der Waals surface area contributed by atoms with Crippen LogP contribution in [-0.2, 0) is 4.74 Å². The Balaban J connectivity index is 1.77. The van der Waals surface area contributed by atoms with E-state index in [1.807, 2.05) is 31.2 Å². The number of halogens is 1. The molecule has 0 aliphatic carbocycles. The Morgan fingerprint density at radius 3 is 3.00 bits per heavy atom. The third kappa shape index (κ3) is 3.26. The molecule has 2 aromatic rings. The van der Waals surface area contributed by atoms with Crippen LogP contribution >= 0.6 is 11.6 Å². The molecule has 1 aliphatic heterocycles. The van der Waals surface area contributed by atoms with E-state index in [1.54, 1.807) is 10.8 Å². The smallest absolute Gasteiger partial charge is 0.407 e. The summed E-state index contributed by atoms with van der Waals surface area (Å²) >= 11 is 6.22. The number of hydrogen-bond acceptors (Lipinski definition) is 3. The molecule has 1 fully saturated rings. The van der Waals surface area contributed by atoms with Crippen molar-refractivity contribution in [3.05, 3.63) is 35.5 Å². The largest absolute Gasteiger partial charge is 0.443 e. The molecule has 0 radical (unpaired) electrons. The molecule has 128 valence electrons. The molecule has 6 heteroatoms. The van der Waals surface area contributed by atoms with E-state index in [0.29, 0.717) is 30.8 Å². The lowest BCUT2D eigenvalue weighted by Crippen LogP contribution is -2.36. The summed E-state index contributed by atoms with van der Waals surface area (Å²) in [5.41, 5.74) is 0.237. The number of ether oxygens (including phenoxy) is 1. The standard InChI is InChI=1S/C18H21ClN2O3/c1-2-18(9-5-11-20-17(23)24-18)10-8-16(22)21-12-14(19)13-6-3-4-7-15(13)21/h3-4,6-7,12H,2,5,8-11H2,1H3,(H,20,23). The number of carbonyl (C=O) groups is 2. The number of amides is 1. The van der Waals surface area contributed by atoms with Crippen LogP contribution in [0.25, 0.3) is 10.9 Å². The highest BCUT2D eigenvalue weighted by Crippen LogP contribution is 2.31. The highest BCUT2D eigenvalue weighted by Gasteiger charge is 2.34. The average Bonchev–Trinajstić information content (AvgIpc) is 2.81. The van der Waals surface area contributed by atoms with Crippen LogP contribution < -0.4 is 5.32 Å². The van der Waals surface area contributed by atoms with Gasteiger partial charge in [0.2, 0.25) is 5.91 Å². The molecular formula is C18H21ClN2O3. The van der Waals surface area contributed by atoms with Crippen LogP contribution in [0.4, 0.5) is 4.79 Å². The number of nitrogens with one attached hydrogen (secondary N) is 1. The monoisotopic (exact) mass is 348 g/mol.